The van der Waals surface area contributed by atoms with Gasteiger partial charge in [0.15, 0.2) is 0 Å². The minimum Gasteiger partial charge on any atom is -0.490 e. The number of rotatable bonds is 10. The van der Waals surface area contributed by atoms with Crippen molar-refractivity contribution in [2.75, 3.05) is 25.6 Å². The van der Waals surface area contributed by atoms with Gasteiger partial charge in [-0.25, -0.2) is 4.99 Å². The summed E-state index contributed by atoms with van der Waals surface area (Å²) in [4.78, 5) is 21.4. The number of nitrogens with one attached hydrogen (secondary N) is 1. The average molecular weight is 389 g/mol. The van der Waals surface area contributed by atoms with Crippen molar-refractivity contribution in [3.63, 3.8) is 0 Å². The molecule has 27 heavy (non-hydrogen) atoms. The zero-order valence-electron chi connectivity index (χ0n) is 15.9. The van der Waals surface area contributed by atoms with E-state index in [1.807, 2.05) is 43.0 Å². The van der Waals surface area contributed by atoms with Crippen LogP contribution in [-0.4, -0.2) is 43.6 Å². The summed E-state index contributed by atoms with van der Waals surface area (Å²) < 4.78 is 5.13. The Morgan fingerprint density at radius 1 is 1.44 bits per heavy atom. The Labute approximate surface area is 165 Å². The Morgan fingerprint density at radius 3 is 2.78 bits per heavy atom. The zero-order chi connectivity index (χ0) is 20.2. The number of hydrogen-bond donors (Lipinski definition) is 1. The molecule has 0 heterocycles. The maximum absolute atomic E-state index is 11.8. The van der Waals surface area contributed by atoms with Crippen LogP contribution in [0.2, 0.25) is 5.02 Å². The largest absolute Gasteiger partial charge is 0.490 e. The van der Waals surface area contributed by atoms with Crippen molar-refractivity contribution in [2.24, 2.45) is 9.98 Å². The molecule has 0 aromatic heterocycles. The van der Waals surface area contributed by atoms with Crippen molar-refractivity contribution in [1.29, 1.82) is 0 Å². The number of carbonyl (C=O) groups is 1. The number of ether oxygens (including phenoxy) is 1. The van der Waals surface area contributed by atoms with Gasteiger partial charge in [-0.2, -0.15) is 0 Å². The van der Waals surface area contributed by atoms with E-state index in [1.165, 1.54) is 7.11 Å². The van der Waals surface area contributed by atoms with Gasteiger partial charge in [0.05, 0.1) is 26.0 Å². The van der Waals surface area contributed by atoms with Crippen molar-refractivity contribution in [1.82, 2.24) is 4.90 Å². The molecule has 0 radical (unpaired) electrons. The van der Waals surface area contributed by atoms with Crippen molar-refractivity contribution in [3.8, 4) is 0 Å². The van der Waals surface area contributed by atoms with Crippen LogP contribution in [0.3, 0.4) is 0 Å². The Kier molecular flexibility index (Phi) is 9.61. The number of anilines is 1. The highest BCUT2D eigenvalue weighted by molar-refractivity contribution is 6.31. The van der Waals surface area contributed by atoms with Crippen LogP contribution in [0.4, 0.5) is 5.69 Å². The SMILES string of the molecule is C=CC(CN(/C=C(/OC)C(=O)N=C)CNc1cccc(Cl)c1C)=N/C=C\C. The van der Waals surface area contributed by atoms with E-state index in [4.69, 9.17) is 16.3 Å². The van der Waals surface area contributed by atoms with Crippen LogP contribution < -0.4 is 5.32 Å². The molecule has 0 bridgehead atoms. The van der Waals surface area contributed by atoms with Crippen LogP contribution in [0.25, 0.3) is 0 Å². The Balaban J connectivity index is 3.10. The predicted molar refractivity (Wildman–Crippen MR) is 113 cm³/mol. The van der Waals surface area contributed by atoms with Crippen LogP contribution in [-0.2, 0) is 9.53 Å². The quantitative estimate of drug-likeness (QED) is 0.282. The van der Waals surface area contributed by atoms with Crippen molar-refractivity contribution >= 4 is 35.6 Å². The molecule has 0 aliphatic heterocycles. The topological polar surface area (TPSA) is 66.3 Å². The van der Waals surface area contributed by atoms with Crippen molar-refractivity contribution in [2.45, 2.75) is 13.8 Å². The highest BCUT2D eigenvalue weighted by atomic mass is 35.5. The standard InChI is InChI=1S/C20H25ClN4O2/c1-6-11-23-16(7-2)12-25(13-19(27-5)20(26)22-4)14-24-18-10-8-9-17(21)15(18)3/h6-11,13,24H,2,4,12,14H2,1,3,5H3/b11-6-,19-13+,23-16?. The Morgan fingerprint density at radius 2 is 2.19 bits per heavy atom. The number of amides is 1. The molecule has 0 aliphatic carbocycles. The third kappa shape index (κ3) is 7.11. The van der Waals surface area contributed by atoms with Crippen LogP contribution in [0, 0.1) is 6.92 Å². The number of hydrogen-bond acceptors (Lipinski definition) is 5. The zero-order valence-corrected chi connectivity index (χ0v) is 16.7. The van der Waals surface area contributed by atoms with Gasteiger partial charge in [0.1, 0.15) is 0 Å². The molecule has 1 N–H and O–H groups in total. The molecule has 6 nitrogen and oxygen atoms in total. The normalized spacial score (nSPS) is 12.0. The smallest absolute Gasteiger partial charge is 0.312 e. The van der Waals surface area contributed by atoms with E-state index >= 15 is 0 Å². The molecule has 144 valence electrons. The fraction of sp³-hybridized carbons (Fsp3) is 0.250. The summed E-state index contributed by atoms with van der Waals surface area (Å²) in [5.41, 5.74) is 2.55. The van der Waals surface area contributed by atoms with Crippen LogP contribution >= 0.6 is 11.6 Å². The molecule has 0 spiro atoms. The molecule has 0 atom stereocenters. The van der Waals surface area contributed by atoms with Gasteiger partial charge >= 0.3 is 5.91 Å². The number of allylic oxidation sites excluding steroid dienone is 1. The van der Waals surface area contributed by atoms with E-state index < -0.39 is 5.91 Å². The molecule has 1 aromatic rings. The van der Waals surface area contributed by atoms with Gasteiger partial charge in [-0.05, 0) is 44.3 Å². The lowest BCUT2D eigenvalue weighted by Gasteiger charge is -2.23. The third-order valence-electron chi connectivity index (χ3n) is 3.60. The number of halogens is 1. The van der Waals surface area contributed by atoms with Gasteiger partial charge in [0.25, 0.3) is 0 Å². The number of benzene rings is 1. The summed E-state index contributed by atoms with van der Waals surface area (Å²) in [7, 11) is 1.41. The second kappa shape index (κ2) is 11.7. The van der Waals surface area contributed by atoms with E-state index in [2.05, 4.69) is 28.6 Å². The number of carbonyl (C=O) groups excluding carboxylic acids is 1. The maximum atomic E-state index is 11.8. The molecular formula is C20H25ClN4O2. The van der Waals surface area contributed by atoms with E-state index in [-0.39, 0.29) is 5.76 Å². The minimum absolute atomic E-state index is 0.0732. The first-order valence-electron chi connectivity index (χ1n) is 8.27. The summed E-state index contributed by atoms with van der Waals surface area (Å²) in [6.07, 6.45) is 6.73. The Bertz CT molecular complexity index is 769. The molecule has 0 unspecified atom stereocenters. The number of nitrogens with zero attached hydrogens (tertiary/aromatic N) is 3. The highest BCUT2D eigenvalue weighted by Crippen LogP contribution is 2.22. The average Bonchev–Trinajstić information content (AvgIpc) is 2.68. The van der Waals surface area contributed by atoms with Crippen molar-refractivity contribution in [3.05, 3.63) is 65.7 Å². The first-order valence-corrected chi connectivity index (χ1v) is 8.64. The lowest BCUT2D eigenvalue weighted by atomic mass is 10.2. The monoisotopic (exact) mass is 388 g/mol. The van der Waals surface area contributed by atoms with Gasteiger partial charge in [0.2, 0.25) is 5.76 Å². The summed E-state index contributed by atoms with van der Waals surface area (Å²) in [6.45, 7) is 11.6. The third-order valence-corrected chi connectivity index (χ3v) is 4.01. The predicted octanol–water partition coefficient (Wildman–Crippen LogP) is 4.20. The van der Waals surface area contributed by atoms with Gasteiger partial charge in [0, 0.05) is 23.1 Å². The molecule has 1 rings (SSSR count). The summed E-state index contributed by atoms with van der Waals surface area (Å²) in [6, 6.07) is 5.63. The van der Waals surface area contributed by atoms with Gasteiger partial charge in [-0.15, -0.1) is 0 Å². The molecule has 0 aliphatic rings. The van der Waals surface area contributed by atoms with Crippen LogP contribution in [0.5, 0.6) is 0 Å². The molecular weight excluding hydrogens is 364 g/mol. The second-order valence-corrected chi connectivity index (χ2v) is 5.87. The van der Waals surface area contributed by atoms with Gasteiger partial charge in [-0.1, -0.05) is 30.3 Å². The highest BCUT2D eigenvalue weighted by Gasteiger charge is 2.12. The van der Waals surface area contributed by atoms with E-state index in [0.717, 1.165) is 17.0 Å². The fourth-order valence-corrected chi connectivity index (χ4v) is 2.28. The van der Waals surface area contributed by atoms with E-state index in [0.29, 0.717) is 18.2 Å². The molecule has 0 saturated heterocycles. The first kappa shape index (κ1) is 22.2. The fourth-order valence-electron chi connectivity index (χ4n) is 2.11. The number of methoxy groups -OCH3 is 1. The summed E-state index contributed by atoms with van der Waals surface area (Å²) in [5, 5.41) is 3.98. The minimum atomic E-state index is -0.549. The summed E-state index contributed by atoms with van der Waals surface area (Å²) >= 11 is 6.17. The molecule has 0 fully saturated rings. The molecule has 7 heteroatoms. The molecule has 1 amide bonds. The lowest BCUT2D eigenvalue weighted by molar-refractivity contribution is -0.117. The first-order chi connectivity index (χ1) is 13.0. The maximum Gasteiger partial charge on any atom is 0.312 e. The molecule has 0 saturated carbocycles. The van der Waals surface area contributed by atoms with E-state index in [1.54, 1.807) is 18.5 Å². The van der Waals surface area contributed by atoms with Crippen LogP contribution in [0.1, 0.15) is 12.5 Å². The lowest BCUT2D eigenvalue weighted by Crippen LogP contribution is -2.30. The second-order valence-electron chi connectivity index (χ2n) is 5.46. The number of aliphatic imine (C=N–C) groups is 2. The van der Waals surface area contributed by atoms with Crippen LogP contribution in [0.15, 0.2) is 65.1 Å². The Hall–Kier alpha value is -2.86. The molecule has 1 aromatic carbocycles. The van der Waals surface area contributed by atoms with Crippen molar-refractivity contribution < 1.29 is 9.53 Å². The van der Waals surface area contributed by atoms with E-state index in [9.17, 15) is 4.79 Å². The van der Waals surface area contributed by atoms with Gasteiger partial charge < -0.3 is 15.0 Å². The summed E-state index contributed by atoms with van der Waals surface area (Å²) in [5.74, 6) is -0.476. The van der Waals surface area contributed by atoms with Gasteiger partial charge in [-0.3, -0.25) is 9.79 Å².